The third-order valence-corrected chi connectivity index (χ3v) is 5.42. The highest BCUT2D eigenvalue weighted by Crippen LogP contribution is 2.18. The van der Waals surface area contributed by atoms with Gasteiger partial charge >= 0.3 is 11.6 Å². The van der Waals surface area contributed by atoms with Crippen molar-refractivity contribution in [3.05, 3.63) is 46.3 Å². The van der Waals surface area contributed by atoms with Gasteiger partial charge in [0.15, 0.2) is 0 Å². The zero-order valence-corrected chi connectivity index (χ0v) is 15.7. The van der Waals surface area contributed by atoms with E-state index >= 15 is 0 Å². The molecule has 0 aliphatic heterocycles. The quantitative estimate of drug-likeness (QED) is 0.347. The molecule has 128 valence electrons. The molecule has 1 heterocycles. The first-order chi connectivity index (χ1) is 11.3. The molecule has 0 aliphatic rings. The number of carbonyl (C=O) groups excluding carboxylic acids is 1. The Labute approximate surface area is 143 Å². The number of carbonyl (C=O) groups is 1. The topological polar surface area (TPSA) is 56.5 Å². The van der Waals surface area contributed by atoms with Crippen molar-refractivity contribution in [1.82, 2.24) is 0 Å². The molecule has 0 N–H and O–H groups in total. The lowest BCUT2D eigenvalue weighted by Gasteiger charge is -2.18. The van der Waals surface area contributed by atoms with Crippen molar-refractivity contribution in [2.75, 3.05) is 6.61 Å². The van der Waals surface area contributed by atoms with Crippen LogP contribution in [0.2, 0.25) is 19.6 Å². The molecule has 1 aromatic heterocycles. The van der Waals surface area contributed by atoms with E-state index in [2.05, 4.69) is 19.6 Å². The lowest BCUT2D eigenvalue weighted by atomic mass is 10.1. The molecule has 0 amide bonds. The Bertz CT molecular complexity index is 812. The third kappa shape index (κ3) is 4.23. The number of esters is 1. The summed E-state index contributed by atoms with van der Waals surface area (Å²) in [7, 11) is -1.90. The Hall–Kier alpha value is -2.14. The molecular formula is C19H24O4Si. The number of benzene rings is 1. The largest absolute Gasteiger partial charge is 0.463 e. The smallest absolute Gasteiger partial charge is 0.343 e. The highest BCUT2D eigenvalue weighted by molar-refractivity contribution is 6.88. The Morgan fingerprint density at radius 1 is 1.21 bits per heavy atom. The molecule has 4 nitrogen and oxygen atoms in total. The van der Waals surface area contributed by atoms with E-state index in [-0.39, 0.29) is 11.6 Å². The predicted octanol–water partition coefficient (Wildman–Crippen LogP) is 3.69. The van der Waals surface area contributed by atoms with Crippen LogP contribution in [0.3, 0.4) is 0 Å². The Kier molecular flexibility index (Phi) is 5.78. The molecule has 0 unspecified atom stereocenters. The minimum atomic E-state index is -1.90. The van der Waals surface area contributed by atoms with E-state index in [1.54, 1.807) is 18.2 Å². The summed E-state index contributed by atoms with van der Waals surface area (Å²) in [5.74, 6) is -0.375. The highest BCUT2D eigenvalue weighted by atomic mass is 28.3. The minimum Gasteiger partial charge on any atom is -0.463 e. The van der Waals surface area contributed by atoms with Gasteiger partial charge < -0.3 is 9.15 Å². The first-order valence-corrected chi connectivity index (χ1v) is 11.8. The molecule has 5 heteroatoms. The van der Waals surface area contributed by atoms with E-state index in [0.29, 0.717) is 17.4 Å². The maximum atomic E-state index is 12.3. The average Bonchev–Trinajstić information content (AvgIpc) is 2.53. The third-order valence-electron chi connectivity index (χ3n) is 3.69. The number of ether oxygens (including phenoxy) is 1. The van der Waals surface area contributed by atoms with Crippen LogP contribution in [0.1, 0.15) is 25.3 Å². The Morgan fingerprint density at radius 2 is 1.88 bits per heavy atom. The van der Waals surface area contributed by atoms with Gasteiger partial charge in [0, 0.05) is 11.6 Å². The van der Waals surface area contributed by atoms with E-state index in [9.17, 15) is 9.59 Å². The van der Waals surface area contributed by atoms with Gasteiger partial charge in [-0.2, -0.15) is 0 Å². The van der Waals surface area contributed by atoms with Crippen molar-refractivity contribution in [2.24, 2.45) is 0 Å². The van der Waals surface area contributed by atoms with Gasteiger partial charge in [0.05, 0.1) is 17.4 Å². The minimum absolute atomic E-state index is 0.328. The van der Waals surface area contributed by atoms with E-state index in [0.717, 1.165) is 23.8 Å². The SMILES string of the molecule is CCCCOC(=O)/C=C/c1c([Si](C)(C)C)oc(=O)c2ccccc12. The van der Waals surface area contributed by atoms with Gasteiger partial charge in [0.1, 0.15) is 8.07 Å². The average molecular weight is 344 g/mol. The number of rotatable bonds is 6. The van der Waals surface area contributed by atoms with E-state index in [1.165, 1.54) is 6.08 Å². The molecule has 0 atom stereocenters. The number of unbranched alkanes of at least 4 members (excludes halogenated alkanes) is 1. The van der Waals surface area contributed by atoms with Crippen LogP contribution in [-0.2, 0) is 9.53 Å². The van der Waals surface area contributed by atoms with E-state index in [4.69, 9.17) is 9.15 Å². The highest BCUT2D eigenvalue weighted by Gasteiger charge is 2.25. The normalized spacial score (nSPS) is 12.0. The summed E-state index contributed by atoms with van der Waals surface area (Å²) in [6, 6.07) is 7.32. The lowest BCUT2D eigenvalue weighted by Crippen LogP contribution is -2.41. The molecule has 2 aromatic rings. The van der Waals surface area contributed by atoms with Crippen LogP contribution < -0.4 is 11.0 Å². The van der Waals surface area contributed by atoms with Crippen LogP contribution in [0.25, 0.3) is 16.8 Å². The van der Waals surface area contributed by atoms with Gasteiger partial charge in [-0.3, -0.25) is 0 Å². The van der Waals surface area contributed by atoms with Crippen molar-refractivity contribution in [3.63, 3.8) is 0 Å². The summed E-state index contributed by atoms with van der Waals surface area (Å²) in [4.78, 5) is 24.1. The molecule has 0 aliphatic carbocycles. The second-order valence-electron chi connectivity index (χ2n) is 6.78. The van der Waals surface area contributed by atoms with Crippen molar-refractivity contribution in [3.8, 4) is 0 Å². The summed E-state index contributed by atoms with van der Waals surface area (Å²) < 4.78 is 10.8. The Morgan fingerprint density at radius 3 is 2.50 bits per heavy atom. The zero-order chi connectivity index (χ0) is 17.7. The summed E-state index contributed by atoms with van der Waals surface area (Å²) in [6.45, 7) is 8.79. The molecule has 1 aromatic carbocycles. The molecule has 0 spiro atoms. The van der Waals surface area contributed by atoms with Gasteiger partial charge in [-0.15, -0.1) is 0 Å². The summed E-state index contributed by atoms with van der Waals surface area (Å²) in [5, 5.41) is 2.03. The molecule has 0 bridgehead atoms. The van der Waals surface area contributed by atoms with Gasteiger partial charge in [-0.25, -0.2) is 9.59 Å². The maximum absolute atomic E-state index is 12.3. The lowest BCUT2D eigenvalue weighted by molar-refractivity contribution is -0.137. The molecule has 0 saturated carbocycles. The summed E-state index contributed by atoms with van der Waals surface area (Å²) in [5.41, 5.74) is 0.475. The van der Waals surface area contributed by atoms with Gasteiger partial charge in [-0.1, -0.05) is 51.2 Å². The molecule has 0 fully saturated rings. The zero-order valence-electron chi connectivity index (χ0n) is 14.7. The molecule has 0 radical (unpaired) electrons. The number of fused-ring (bicyclic) bond motifs is 1. The molecule has 24 heavy (non-hydrogen) atoms. The van der Waals surface area contributed by atoms with Crippen molar-refractivity contribution in [2.45, 2.75) is 39.4 Å². The van der Waals surface area contributed by atoms with Crippen LogP contribution in [0.5, 0.6) is 0 Å². The van der Waals surface area contributed by atoms with Crippen molar-refractivity contribution < 1.29 is 13.9 Å². The number of hydrogen-bond acceptors (Lipinski definition) is 4. The van der Waals surface area contributed by atoms with E-state index in [1.807, 2.05) is 19.1 Å². The molecule has 0 saturated heterocycles. The van der Waals surface area contributed by atoms with Crippen LogP contribution in [0, 0.1) is 0 Å². The first kappa shape index (κ1) is 18.2. The monoisotopic (exact) mass is 344 g/mol. The summed E-state index contributed by atoms with van der Waals surface area (Å²) in [6.07, 6.45) is 4.96. The van der Waals surface area contributed by atoms with Crippen LogP contribution in [-0.4, -0.2) is 20.7 Å². The summed E-state index contributed by atoms with van der Waals surface area (Å²) >= 11 is 0. The van der Waals surface area contributed by atoms with Crippen LogP contribution >= 0.6 is 0 Å². The van der Waals surface area contributed by atoms with Crippen molar-refractivity contribution >= 4 is 36.3 Å². The molecular weight excluding hydrogens is 320 g/mol. The fraction of sp³-hybridized carbons (Fsp3) is 0.368. The van der Waals surface area contributed by atoms with E-state index < -0.39 is 8.07 Å². The van der Waals surface area contributed by atoms with Gasteiger partial charge in [-0.05, 0) is 23.9 Å². The first-order valence-electron chi connectivity index (χ1n) is 8.25. The standard InChI is InChI=1S/C19H24O4Si/c1-5-6-13-22-17(20)12-11-16-14-9-7-8-10-15(14)18(21)23-19(16)24(2,3)4/h7-12H,5-6,13H2,1-4H3/b12-11+. The second kappa shape index (κ2) is 7.62. The maximum Gasteiger partial charge on any atom is 0.343 e. The Balaban J connectivity index is 2.49. The second-order valence-corrected chi connectivity index (χ2v) is 11.7. The predicted molar refractivity (Wildman–Crippen MR) is 100 cm³/mol. The van der Waals surface area contributed by atoms with Crippen LogP contribution in [0.4, 0.5) is 0 Å². The van der Waals surface area contributed by atoms with Crippen LogP contribution in [0.15, 0.2) is 39.6 Å². The fourth-order valence-corrected chi connectivity index (χ4v) is 3.88. The van der Waals surface area contributed by atoms with Gasteiger partial charge in [0.2, 0.25) is 0 Å². The van der Waals surface area contributed by atoms with Gasteiger partial charge in [0.25, 0.3) is 0 Å². The molecule has 2 rings (SSSR count). The number of hydrogen-bond donors (Lipinski definition) is 0. The fourth-order valence-electron chi connectivity index (χ4n) is 2.46. The van der Waals surface area contributed by atoms with Crippen molar-refractivity contribution in [1.29, 1.82) is 0 Å².